The molecule has 19 heavy (non-hydrogen) atoms. The average molecular weight is 265 g/mol. The molecule has 2 fully saturated rings. The zero-order chi connectivity index (χ0) is 13.9. The van der Waals surface area contributed by atoms with Crippen molar-refractivity contribution in [3.63, 3.8) is 0 Å². The van der Waals surface area contributed by atoms with Gasteiger partial charge in [-0.25, -0.2) is 0 Å². The summed E-state index contributed by atoms with van der Waals surface area (Å²) in [6.45, 7) is 10.9. The molecule has 0 saturated heterocycles. The maximum atomic E-state index is 3.98. The van der Waals surface area contributed by atoms with E-state index in [-0.39, 0.29) is 0 Å². The molecule has 0 spiro atoms. The van der Waals surface area contributed by atoms with Crippen LogP contribution in [0, 0.1) is 23.2 Å². The Balaban J connectivity index is 1.85. The van der Waals surface area contributed by atoms with E-state index in [0.29, 0.717) is 5.41 Å². The van der Waals surface area contributed by atoms with Gasteiger partial charge >= 0.3 is 0 Å². The van der Waals surface area contributed by atoms with E-state index in [1.54, 1.807) is 0 Å². The van der Waals surface area contributed by atoms with Crippen molar-refractivity contribution in [3.05, 3.63) is 0 Å². The molecule has 2 aliphatic rings. The molecule has 0 aromatic rings. The van der Waals surface area contributed by atoms with E-state index in [0.717, 1.165) is 23.8 Å². The summed E-state index contributed by atoms with van der Waals surface area (Å²) in [4.78, 5) is 0. The van der Waals surface area contributed by atoms with Gasteiger partial charge in [-0.15, -0.1) is 0 Å². The number of hydrogen-bond donors (Lipinski definition) is 1. The summed E-state index contributed by atoms with van der Waals surface area (Å²) in [5.41, 5.74) is 0.636. The van der Waals surface area contributed by atoms with Crippen LogP contribution in [0.1, 0.15) is 79.1 Å². The molecule has 2 rings (SSSR count). The first-order valence-corrected chi connectivity index (χ1v) is 8.74. The molecular formula is C18H35N. The number of nitrogens with one attached hydrogen (secondary N) is 1. The fraction of sp³-hybridized carbons (Fsp3) is 1.00. The summed E-state index contributed by atoms with van der Waals surface area (Å²) in [5, 5.41) is 3.98. The number of hydrogen-bond acceptors (Lipinski definition) is 1. The van der Waals surface area contributed by atoms with Crippen molar-refractivity contribution in [3.8, 4) is 0 Å². The molecule has 3 atom stereocenters. The summed E-state index contributed by atoms with van der Waals surface area (Å²) in [6, 6.07) is 0.792. The zero-order valence-electron chi connectivity index (χ0n) is 13.7. The van der Waals surface area contributed by atoms with Crippen molar-refractivity contribution >= 4 is 0 Å². The lowest BCUT2D eigenvalue weighted by atomic mass is 9.76. The Hall–Kier alpha value is -0.0400. The maximum Gasteiger partial charge on any atom is 0.00931 e. The summed E-state index contributed by atoms with van der Waals surface area (Å²) in [5.74, 6) is 2.68. The highest BCUT2D eigenvalue weighted by Crippen LogP contribution is 2.43. The average Bonchev–Trinajstić information content (AvgIpc) is 2.76. The van der Waals surface area contributed by atoms with Gasteiger partial charge in [0.05, 0.1) is 0 Å². The summed E-state index contributed by atoms with van der Waals surface area (Å²) >= 11 is 0. The molecule has 1 N–H and O–H groups in total. The molecule has 2 aliphatic carbocycles. The minimum Gasteiger partial charge on any atom is -0.313 e. The highest BCUT2D eigenvalue weighted by atomic mass is 14.9. The van der Waals surface area contributed by atoms with Crippen molar-refractivity contribution in [2.45, 2.75) is 85.1 Å². The Kier molecular flexibility index (Phi) is 5.34. The second kappa shape index (κ2) is 6.61. The smallest absolute Gasteiger partial charge is 0.00931 e. The molecule has 0 amide bonds. The molecule has 0 aliphatic heterocycles. The summed E-state index contributed by atoms with van der Waals surface area (Å²) in [6.07, 6.45) is 11.5. The van der Waals surface area contributed by atoms with Crippen molar-refractivity contribution in [1.82, 2.24) is 5.32 Å². The van der Waals surface area contributed by atoms with Crippen molar-refractivity contribution < 1.29 is 0 Å². The first kappa shape index (κ1) is 15.4. The van der Waals surface area contributed by atoms with Gasteiger partial charge in [0.1, 0.15) is 0 Å². The molecule has 0 bridgehead atoms. The van der Waals surface area contributed by atoms with Gasteiger partial charge in [0, 0.05) is 12.6 Å². The largest absolute Gasteiger partial charge is 0.313 e. The van der Waals surface area contributed by atoms with Gasteiger partial charge < -0.3 is 5.32 Å². The topological polar surface area (TPSA) is 12.0 Å². The second-order valence-corrected chi connectivity index (χ2v) is 8.19. The van der Waals surface area contributed by atoms with E-state index in [9.17, 15) is 0 Å². The third kappa shape index (κ3) is 4.21. The lowest BCUT2D eigenvalue weighted by Gasteiger charge is -2.38. The van der Waals surface area contributed by atoms with Gasteiger partial charge in [-0.1, -0.05) is 40.5 Å². The van der Waals surface area contributed by atoms with Crippen LogP contribution in [0.2, 0.25) is 0 Å². The van der Waals surface area contributed by atoms with Gasteiger partial charge in [0.2, 0.25) is 0 Å². The van der Waals surface area contributed by atoms with Crippen LogP contribution in [0.5, 0.6) is 0 Å². The van der Waals surface area contributed by atoms with Gasteiger partial charge in [0.25, 0.3) is 0 Å². The lowest BCUT2D eigenvalue weighted by molar-refractivity contribution is 0.173. The van der Waals surface area contributed by atoms with Crippen LogP contribution in [0.3, 0.4) is 0 Å². The lowest BCUT2D eigenvalue weighted by Crippen LogP contribution is -2.44. The van der Waals surface area contributed by atoms with Crippen LogP contribution in [0.25, 0.3) is 0 Å². The minimum absolute atomic E-state index is 0.636. The molecule has 112 valence electrons. The fourth-order valence-electron chi connectivity index (χ4n) is 4.76. The van der Waals surface area contributed by atoms with Crippen LogP contribution in [0.4, 0.5) is 0 Å². The minimum atomic E-state index is 0.636. The third-order valence-corrected chi connectivity index (χ3v) is 5.68. The molecule has 0 heterocycles. The third-order valence-electron chi connectivity index (χ3n) is 5.68. The normalized spacial score (nSPS) is 34.9. The number of rotatable bonds is 5. The van der Waals surface area contributed by atoms with E-state index in [1.165, 1.54) is 57.9 Å². The van der Waals surface area contributed by atoms with Gasteiger partial charge in [-0.3, -0.25) is 0 Å². The van der Waals surface area contributed by atoms with Crippen molar-refractivity contribution in [1.29, 1.82) is 0 Å². The Bertz CT molecular complexity index is 265. The van der Waals surface area contributed by atoms with Crippen LogP contribution in [-0.4, -0.2) is 12.6 Å². The standard InChI is InChI=1S/C18H35N/c1-14(2)12-18(9-5-6-10-18)13-19-17-8-7-15(3)11-16(17)4/h14-17,19H,5-13H2,1-4H3. The Morgan fingerprint density at radius 1 is 1.11 bits per heavy atom. The maximum absolute atomic E-state index is 3.98. The Labute approximate surface area is 120 Å². The first-order valence-electron chi connectivity index (χ1n) is 8.74. The molecule has 2 saturated carbocycles. The monoisotopic (exact) mass is 265 g/mol. The highest BCUT2D eigenvalue weighted by Gasteiger charge is 2.35. The van der Waals surface area contributed by atoms with E-state index >= 15 is 0 Å². The van der Waals surface area contributed by atoms with E-state index in [4.69, 9.17) is 0 Å². The molecular weight excluding hydrogens is 230 g/mol. The molecule has 1 nitrogen and oxygen atoms in total. The van der Waals surface area contributed by atoms with E-state index < -0.39 is 0 Å². The predicted molar refractivity (Wildman–Crippen MR) is 84.3 cm³/mol. The molecule has 3 unspecified atom stereocenters. The molecule has 0 aromatic heterocycles. The van der Waals surface area contributed by atoms with Crippen LogP contribution < -0.4 is 5.32 Å². The Morgan fingerprint density at radius 3 is 2.37 bits per heavy atom. The fourth-order valence-corrected chi connectivity index (χ4v) is 4.76. The van der Waals surface area contributed by atoms with Crippen molar-refractivity contribution in [2.75, 3.05) is 6.54 Å². The zero-order valence-corrected chi connectivity index (χ0v) is 13.7. The van der Waals surface area contributed by atoms with Crippen LogP contribution >= 0.6 is 0 Å². The van der Waals surface area contributed by atoms with E-state index in [2.05, 4.69) is 33.0 Å². The van der Waals surface area contributed by atoms with Crippen molar-refractivity contribution in [2.24, 2.45) is 23.2 Å². The van der Waals surface area contributed by atoms with Gasteiger partial charge in [-0.05, 0) is 61.7 Å². The molecule has 0 radical (unpaired) electrons. The molecule has 0 aromatic carbocycles. The quantitative estimate of drug-likeness (QED) is 0.737. The van der Waals surface area contributed by atoms with Gasteiger partial charge in [0.15, 0.2) is 0 Å². The summed E-state index contributed by atoms with van der Waals surface area (Å²) in [7, 11) is 0. The highest BCUT2D eigenvalue weighted by molar-refractivity contribution is 4.90. The van der Waals surface area contributed by atoms with Crippen LogP contribution in [0.15, 0.2) is 0 Å². The van der Waals surface area contributed by atoms with Crippen LogP contribution in [-0.2, 0) is 0 Å². The first-order chi connectivity index (χ1) is 9.01. The molecule has 1 heteroatoms. The second-order valence-electron chi connectivity index (χ2n) is 8.19. The van der Waals surface area contributed by atoms with E-state index in [1.807, 2.05) is 0 Å². The van der Waals surface area contributed by atoms with Gasteiger partial charge in [-0.2, -0.15) is 0 Å². The summed E-state index contributed by atoms with van der Waals surface area (Å²) < 4.78 is 0. The Morgan fingerprint density at radius 2 is 1.79 bits per heavy atom. The SMILES string of the molecule is CC(C)CC1(CNC2CCC(C)CC2C)CCCC1. The predicted octanol–water partition coefficient (Wildman–Crippen LogP) is 5.01.